The maximum atomic E-state index is 12.9. The van der Waals surface area contributed by atoms with Gasteiger partial charge in [0.15, 0.2) is 0 Å². The number of para-hydroxylation sites is 1. The molecule has 0 atom stereocenters. The van der Waals surface area contributed by atoms with Crippen molar-refractivity contribution in [1.82, 2.24) is 4.98 Å². The number of H-pyrrole nitrogens is 1. The summed E-state index contributed by atoms with van der Waals surface area (Å²) in [6, 6.07) is 16.4. The van der Waals surface area contributed by atoms with Crippen LogP contribution in [0.25, 0.3) is 11.1 Å². The fraction of sp³-hybridized carbons (Fsp3) is 0.217. The summed E-state index contributed by atoms with van der Waals surface area (Å²) in [4.78, 5) is 33.4. The van der Waals surface area contributed by atoms with E-state index in [1.807, 2.05) is 44.2 Å². The van der Waals surface area contributed by atoms with Crippen molar-refractivity contribution in [3.63, 3.8) is 0 Å². The Hall–Kier alpha value is -3.38. The normalized spacial score (nSPS) is 10.6. The van der Waals surface area contributed by atoms with E-state index >= 15 is 0 Å². The number of aromatic amines is 1. The molecule has 0 saturated carbocycles. The Morgan fingerprint density at radius 3 is 2.24 bits per heavy atom. The van der Waals surface area contributed by atoms with Gasteiger partial charge in [-0.05, 0) is 56.2 Å². The molecule has 0 aliphatic carbocycles. The number of hydroxylamine groups is 1. The predicted octanol–water partition coefficient (Wildman–Crippen LogP) is 4.68. The SMILES string of the molecule is CCOC(=O)c1[nH]c(C)c(-c2ccc(C(=O)N(OC)c3ccccc3)cc2)c1C. The number of aryl methyl sites for hydroxylation is 1. The standard InChI is InChI=1S/C23H24N2O4/c1-5-29-23(27)21-15(2)20(16(3)24-21)17-11-13-18(14-12-17)22(26)25(28-4)19-9-7-6-8-10-19/h6-14,24H,5H2,1-4H3. The van der Waals surface area contributed by atoms with E-state index in [1.165, 1.54) is 12.2 Å². The van der Waals surface area contributed by atoms with Gasteiger partial charge in [0.1, 0.15) is 5.69 Å². The van der Waals surface area contributed by atoms with E-state index in [2.05, 4.69) is 4.98 Å². The van der Waals surface area contributed by atoms with Crippen LogP contribution in [0.1, 0.15) is 39.0 Å². The fourth-order valence-corrected chi connectivity index (χ4v) is 3.36. The van der Waals surface area contributed by atoms with E-state index in [0.29, 0.717) is 23.6 Å². The van der Waals surface area contributed by atoms with Crippen LogP contribution in [0.2, 0.25) is 0 Å². The zero-order chi connectivity index (χ0) is 21.0. The molecule has 6 heteroatoms. The highest BCUT2D eigenvalue weighted by Gasteiger charge is 2.21. The third kappa shape index (κ3) is 4.07. The van der Waals surface area contributed by atoms with Gasteiger partial charge in [-0.2, -0.15) is 5.06 Å². The Balaban J connectivity index is 1.89. The molecule has 1 N–H and O–H groups in total. The third-order valence-corrected chi connectivity index (χ3v) is 4.70. The Morgan fingerprint density at radius 1 is 1.00 bits per heavy atom. The van der Waals surface area contributed by atoms with Gasteiger partial charge in [-0.1, -0.05) is 30.3 Å². The minimum Gasteiger partial charge on any atom is -0.461 e. The molecule has 0 aliphatic heterocycles. The largest absolute Gasteiger partial charge is 0.461 e. The van der Waals surface area contributed by atoms with Crippen LogP contribution in [-0.4, -0.2) is 30.6 Å². The zero-order valence-corrected chi connectivity index (χ0v) is 17.0. The number of anilines is 1. The van der Waals surface area contributed by atoms with Crippen molar-refractivity contribution in [3.8, 4) is 11.1 Å². The topological polar surface area (TPSA) is 71.6 Å². The second-order valence-corrected chi connectivity index (χ2v) is 6.54. The van der Waals surface area contributed by atoms with Crippen LogP contribution in [0.3, 0.4) is 0 Å². The first-order valence-corrected chi connectivity index (χ1v) is 9.38. The van der Waals surface area contributed by atoms with Gasteiger partial charge in [0.05, 0.1) is 19.4 Å². The van der Waals surface area contributed by atoms with Gasteiger partial charge < -0.3 is 9.72 Å². The molecule has 0 unspecified atom stereocenters. The van der Waals surface area contributed by atoms with E-state index in [4.69, 9.17) is 9.57 Å². The second-order valence-electron chi connectivity index (χ2n) is 6.54. The Kier molecular flexibility index (Phi) is 6.14. The van der Waals surface area contributed by atoms with Gasteiger partial charge in [-0.25, -0.2) is 4.79 Å². The molecule has 2 aromatic carbocycles. The Bertz CT molecular complexity index is 1010. The van der Waals surface area contributed by atoms with Crippen molar-refractivity contribution in [2.75, 3.05) is 18.8 Å². The number of benzene rings is 2. The number of aromatic nitrogens is 1. The summed E-state index contributed by atoms with van der Waals surface area (Å²) in [6.07, 6.45) is 0. The first kappa shape index (κ1) is 20.4. The van der Waals surface area contributed by atoms with Crippen molar-refractivity contribution < 1.29 is 19.2 Å². The molecule has 3 rings (SSSR count). The predicted molar refractivity (Wildman–Crippen MR) is 112 cm³/mol. The lowest BCUT2D eigenvalue weighted by Gasteiger charge is -2.19. The van der Waals surface area contributed by atoms with E-state index < -0.39 is 0 Å². The number of hydrogen-bond acceptors (Lipinski definition) is 4. The van der Waals surface area contributed by atoms with Crippen LogP contribution in [-0.2, 0) is 9.57 Å². The number of ether oxygens (including phenoxy) is 1. The van der Waals surface area contributed by atoms with Crippen molar-refractivity contribution in [3.05, 3.63) is 77.1 Å². The third-order valence-electron chi connectivity index (χ3n) is 4.70. The fourth-order valence-electron chi connectivity index (χ4n) is 3.36. The monoisotopic (exact) mass is 392 g/mol. The number of rotatable bonds is 6. The number of hydrogen-bond donors (Lipinski definition) is 1. The quantitative estimate of drug-likeness (QED) is 0.488. The van der Waals surface area contributed by atoms with Gasteiger partial charge in [-0.3, -0.25) is 9.63 Å². The van der Waals surface area contributed by atoms with Crippen LogP contribution in [0.5, 0.6) is 0 Å². The van der Waals surface area contributed by atoms with Crippen molar-refractivity contribution in [1.29, 1.82) is 0 Å². The van der Waals surface area contributed by atoms with Crippen molar-refractivity contribution in [2.24, 2.45) is 0 Å². The van der Waals surface area contributed by atoms with Crippen LogP contribution in [0.15, 0.2) is 54.6 Å². The summed E-state index contributed by atoms with van der Waals surface area (Å²) in [6.45, 7) is 5.89. The van der Waals surface area contributed by atoms with Gasteiger partial charge in [-0.15, -0.1) is 0 Å². The van der Waals surface area contributed by atoms with Crippen LogP contribution >= 0.6 is 0 Å². The maximum Gasteiger partial charge on any atom is 0.355 e. The molecule has 1 aromatic heterocycles. The molecule has 0 saturated heterocycles. The highest BCUT2D eigenvalue weighted by molar-refractivity contribution is 6.05. The van der Waals surface area contributed by atoms with Crippen molar-refractivity contribution in [2.45, 2.75) is 20.8 Å². The first-order chi connectivity index (χ1) is 14.0. The molecule has 6 nitrogen and oxygen atoms in total. The van der Waals surface area contributed by atoms with E-state index in [0.717, 1.165) is 22.4 Å². The van der Waals surface area contributed by atoms with Crippen LogP contribution in [0, 0.1) is 13.8 Å². The molecule has 1 heterocycles. The molecule has 0 spiro atoms. The number of nitrogens with zero attached hydrogens (tertiary/aromatic N) is 1. The summed E-state index contributed by atoms with van der Waals surface area (Å²) < 4.78 is 5.11. The van der Waals surface area contributed by atoms with Gasteiger partial charge in [0.2, 0.25) is 0 Å². The lowest BCUT2D eigenvalue weighted by molar-refractivity contribution is 0.0519. The summed E-state index contributed by atoms with van der Waals surface area (Å²) in [5.41, 5.74) is 5.13. The smallest absolute Gasteiger partial charge is 0.355 e. The van der Waals surface area contributed by atoms with Gasteiger partial charge >= 0.3 is 5.97 Å². The molecule has 0 fully saturated rings. The summed E-state index contributed by atoms with van der Waals surface area (Å²) >= 11 is 0. The molecular weight excluding hydrogens is 368 g/mol. The second kappa shape index (κ2) is 8.75. The number of esters is 1. The Morgan fingerprint density at radius 2 is 1.66 bits per heavy atom. The van der Waals surface area contributed by atoms with E-state index in [9.17, 15) is 9.59 Å². The van der Waals surface area contributed by atoms with Crippen LogP contribution in [0.4, 0.5) is 5.69 Å². The zero-order valence-electron chi connectivity index (χ0n) is 17.0. The van der Waals surface area contributed by atoms with Crippen LogP contribution < -0.4 is 5.06 Å². The van der Waals surface area contributed by atoms with E-state index in [-0.39, 0.29) is 11.9 Å². The average Bonchev–Trinajstić information content (AvgIpc) is 3.04. The number of nitrogens with one attached hydrogen (secondary N) is 1. The molecule has 29 heavy (non-hydrogen) atoms. The lowest BCUT2D eigenvalue weighted by Crippen LogP contribution is -2.29. The summed E-state index contributed by atoms with van der Waals surface area (Å²) in [7, 11) is 1.46. The molecule has 150 valence electrons. The molecule has 0 bridgehead atoms. The van der Waals surface area contributed by atoms with E-state index in [1.54, 1.807) is 31.2 Å². The molecule has 0 radical (unpaired) electrons. The summed E-state index contributed by atoms with van der Waals surface area (Å²) in [5, 5.41) is 1.25. The summed E-state index contributed by atoms with van der Waals surface area (Å²) in [5.74, 6) is -0.635. The molecule has 3 aromatic rings. The average molecular weight is 392 g/mol. The highest BCUT2D eigenvalue weighted by Crippen LogP contribution is 2.30. The minimum atomic E-state index is -0.371. The minimum absolute atomic E-state index is 0.264. The first-order valence-electron chi connectivity index (χ1n) is 9.38. The van der Waals surface area contributed by atoms with Gasteiger partial charge in [0.25, 0.3) is 5.91 Å². The maximum absolute atomic E-state index is 12.9. The van der Waals surface area contributed by atoms with Crippen molar-refractivity contribution >= 4 is 17.6 Å². The molecule has 1 amide bonds. The number of carbonyl (C=O) groups is 2. The molecular formula is C23H24N2O4. The van der Waals surface area contributed by atoms with Gasteiger partial charge in [0, 0.05) is 16.8 Å². The lowest BCUT2D eigenvalue weighted by atomic mass is 10.00. The number of amides is 1. The molecule has 0 aliphatic rings. The Labute approximate surface area is 170 Å². The highest BCUT2D eigenvalue weighted by atomic mass is 16.7. The number of carbonyl (C=O) groups excluding carboxylic acids is 2.